The molecule has 0 unspecified atom stereocenters. The van der Waals surface area contributed by atoms with E-state index in [0.717, 1.165) is 10.5 Å². The standard InChI is InChI=1S/C13H11N5O3/c19-11-9-10(15-7-14-9)16-12(17-11)18(13(20)21)6-8-4-2-1-3-5-8/h1-5,7H,6H2,(H,20,21)(H2,14,15,16,17,19). The molecule has 3 aromatic rings. The van der Waals surface area contributed by atoms with E-state index in [4.69, 9.17) is 0 Å². The maximum absolute atomic E-state index is 11.9. The molecule has 3 rings (SSSR count). The number of rotatable bonds is 3. The molecule has 0 radical (unpaired) electrons. The van der Waals surface area contributed by atoms with Crippen LogP contribution < -0.4 is 10.5 Å². The van der Waals surface area contributed by atoms with Gasteiger partial charge in [-0.15, -0.1) is 0 Å². The van der Waals surface area contributed by atoms with Crippen molar-refractivity contribution in [1.29, 1.82) is 0 Å². The molecule has 0 saturated carbocycles. The first-order chi connectivity index (χ1) is 10.1. The molecule has 106 valence electrons. The third-order valence-electron chi connectivity index (χ3n) is 2.95. The number of nitrogens with one attached hydrogen (secondary N) is 2. The predicted octanol–water partition coefficient (Wildman–Crippen LogP) is 1.33. The van der Waals surface area contributed by atoms with E-state index in [-0.39, 0.29) is 23.7 Å². The zero-order valence-electron chi connectivity index (χ0n) is 10.8. The minimum absolute atomic E-state index is 0.0593. The summed E-state index contributed by atoms with van der Waals surface area (Å²) in [7, 11) is 0. The Morgan fingerprint density at radius 2 is 2.05 bits per heavy atom. The van der Waals surface area contributed by atoms with Crippen LogP contribution >= 0.6 is 0 Å². The van der Waals surface area contributed by atoms with E-state index in [9.17, 15) is 14.7 Å². The number of fused-ring (bicyclic) bond motifs is 1. The number of aromatic amines is 2. The Kier molecular flexibility index (Phi) is 3.11. The van der Waals surface area contributed by atoms with Crippen LogP contribution in [0.25, 0.3) is 11.2 Å². The van der Waals surface area contributed by atoms with Gasteiger partial charge in [-0.2, -0.15) is 4.98 Å². The number of carboxylic acid groups (broad SMARTS) is 1. The summed E-state index contributed by atoms with van der Waals surface area (Å²) in [4.78, 5) is 37.3. The van der Waals surface area contributed by atoms with Gasteiger partial charge in [-0.05, 0) is 5.56 Å². The molecule has 0 aliphatic rings. The molecule has 1 amide bonds. The third-order valence-corrected chi connectivity index (χ3v) is 2.95. The maximum Gasteiger partial charge on any atom is 0.414 e. The number of nitrogens with zero attached hydrogens (tertiary/aromatic N) is 3. The summed E-state index contributed by atoms with van der Waals surface area (Å²) in [5, 5.41) is 9.34. The van der Waals surface area contributed by atoms with Gasteiger partial charge in [0, 0.05) is 0 Å². The van der Waals surface area contributed by atoms with Crippen LogP contribution in [0.3, 0.4) is 0 Å². The number of anilines is 1. The van der Waals surface area contributed by atoms with Gasteiger partial charge in [-0.25, -0.2) is 14.7 Å². The van der Waals surface area contributed by atoms with Crippen LogP contribution in [0.2, 0.25) is 0 Å². The number of imidazole rings is 1. The predicted molar refractivity (Wildman–Crippen MR) is 75.2 cm³/mol. The van der Waals surface area contributed by atoms with Gasteiger partial charge >= 0.3 is 6.09 Å². The van der Waals surface area contributed by atoms with E-state index < -0.39 is 11.7 Å². The Morgan fingerprint density at radius 1 is 1.29 bits per heavy atom. The molecular weight excluding hydrogens is 274 g/mol. The highest BCUT2D eigenvalue weighted by molar-refractivity contribution is 5.84. The highest BCUT2D eigenvalue weighted by atomic mass is 16.4. The molecule has 8 heteroatoms. The fraction of sp³-hybridized carbons (Fsp3) is 0.0769. The first-order valence-corrected chi connectivity index (χ1v) is 6.13. The Bertz CT molecular complexity index is 840. The number of amides is 1. The van der Waals surface area contributed by atoms with Crippen molar-refractivity contribution in [2.75, 3.05) is 4.90 Å². The monoisotopic (exact) mass is 285 g/mol. The first-order valence-electron chi connectivity index (χ1n) is 6.13. The van der Waals surface area contributed by atoms with Gasteiger partial charge in [0.05, 0.1) is 12.9 Å². The molecule has 0 saturated heterocycles. The lowest BCUT2D eigenvalue weighted by atomic mass is 10.2. The summed E-state index contributed by atoms with van der Waals surface area (Å²) >= 11 is 0. The molecule has 1 aromatic carbocycles. The van der Waals surface area contributed by atoms with Gasteiger partial charge in [0.25, 0.3) is 5.56 Å². The van der Waals surface area contributed by atoms with Crippen LogP contribution in [0.4, 0.5) is 10.7 Å². The van der Waals surface area contributed by atoms with Crippen LogP contribution in [-0.4, -0.2) is 31.1 Å². The maximum atomic E-state index is 11.9. The largest absolute Gasteiger partial charge is 0.465 e. The fourth-order valence-corrected chi connectivity index (χ4v) is 1.96. The zero-order valence-corrected chi connectivity index (χ0v) is 10.8. The minimum Gasteiger partial charge on any atom is -0.465 e. The van der Waals surface area contributed by atoms with Crippen molar-refractivity contribution in [2.24, 2.45) is 0 Å². The highest BCUT2D eigenvalue weighted by Crippen LogP contribution is 2.13. The molecule has 0 bridgehead atoms. The van der Waals surface area contributed by atoms with Crippen molar-refractivity contribution in [1.82, 2.24) is 19.9 Å². The molecule has 0 aliphatic carbocycles. The van der Waals surface area contributed by atoms with E-state index in [1.165, 1.54) is 6.33 Å². The summed E-state index contributed by atoms with van der Waals surface area (Å²) in [5.41, 5.74) is 0.702. The van der Waals surface area contributed by atoms with Crippen LogP contribution in [-0.2, 0) is 6.54 Å². The topological polar surface area (TPSA) is 115 Å². The second-order valence-electron chi connectivity index (χ2n) is 4.34. The molecular formula is C13H11N5O3. The average molecular weight is 285 g/mol. The summed E-state index contributed by atoms with van der Waals surface area (Å²) < 4.78 is 0. The van der Waals surface area contributed by atoms with E-state index >= 15 is 0 Å². The summed E-state index contributed by atoms with van der Waals surface area (Å²) in [6, 6.07) is 9.04. The lowest BCUT2D eigenvalue weighted by molar-refractivity contribution is 0.201. The fourth-order valence-electron chi connectivity index (χ4n) is 1.96. The van der Waals surface area contributed by atoms with E-state index in [2.05, 4.69) is 19.9 Å². The SMILES string of the molecule is O=C(O)N(Cc1ccccc1)c1nc2nc[nH]c2c(=O)[nH]1. The van der Waals surface area contributed by atoms with Crippen LogP contribution in [0.5, 0.6) is 0 Å². The summed E-state index contributed by atoms with van der Waals surface area (Å²) in [6.07, 6.45) is 0.121. The van der Waals surface area contributed by atoms with E-state index in [0.29, 0.717) is 0 Å². The molecule has 2 heterocycles. The number of hydrogen-bond donors (Lipinski definition) is 3. The van der Waals surface area contributed by atoms with Gasteiger partial charge in [-0.3, -0.25) is 9.78 Å². The highest BCUT2D eigenvalue weighted by Gasteiger charge is 2.19. The van der Waals surface area contributed by atoms with E-state index in [1.54, 1.807) is 12.1 Å². The number of benzene rings is 1. The van der Waals surface area contributed by atoms with Crippen LogP contribution in [0.15, 0.2) is 41.5 Å². The smallest absolute Gasteiger partial charge is 0.414 e. The average Bonchev–Trinajstić information content (AvgIpc) is 2.94. The molecule has 21 heavy (non-hydrogen) atoms. The molecule has 3 N–H and O–H groups in total. The molecule has 0 fully saturated rings. The quantitative estimate of drug-likeness (QED) is 0.671. The van der Waals surface area contributed by atoms with Crippen LogP contribution in [0.1, 0.15) is 5.56 Å². The zero-order chi connectivity index (χ0) is 14.8. The Hall–Kier alpha value is -3.16. The molecule has 0 aliphatic heterocycles. The van der Waals surface area contributed by atoms with Crippen molar-refractivity contribution in [3.05, 3.63) is 52.6 Å². The van der Waals surface area contributed by atoms with Crippen molar-refractivity contribution in [3.8, 4) is 0 Å². The first kappa shape index (κ1) is 12.9. The molecule has 0 spiro atoms. The van der Waals surface area contributed by atoms with Gasteiger partial charge in [0.1, 0.15) is 0 Å². The van der Waals surface area contributed by atoms with Crippen molar-refractivity contribution in [2.45, 2.75) is 6.54 Å². The van der Waals surface area contributed by atoms with Gasteiger partial charge in [0.15, 0.2) is 11.2 Å². The lowest BCUT2D eigenvalue weighted by Gasteiger charge is -2.17. The minimum atomic E-state index is -1.21. The lowest BCUT2D eigenvalue weighted by Crippen LogP contribution is -2.32. The van der Waals surface area contributed by atoms with Gasteiger partial charge in [-0.1, -0.05) is 30.3 Å². The van der Waals surface area contributed by atoms with Crippen molar-refractivity contribution in [3.63, 3.8) is 0 Å². The number of hydrogen-bond acceptors (Lipinski definition) is 4. The van der Waals surface area contributed by atoms with Crippen molar-refractivity contribution < 1.29 is 9.90 Å². The Morgan fingerprint density at radius 3 is 2.76 bits per heavy atom. The second kappa shape index (κ2) is 5.08. The third kappa shape index (κ3) is 2.46. The Balaban J connectivity index is 2.03. The normalized spacial score (nSPS) is 10.7. The number of H-pyrrole nitrogens is 2. The summed E-state index contributed by atoms with van der Waals surface area (Å²) in [6.45, 7) is 0.0784. The number of aromatic nitrogens is 4. The van der Waals surface area contributed by atoms with Gasteiger partial charge in [0.2, 0.25) is 5.95 Å². The second-order valence-corrected chi connectivity index (χ2v) is 4.34. The molecule has 0 atom stereocenters. The molecule has 2 aromatic heterocycles. The van der Waals surface area contributed by atoms with E-state index in [1.807, 2.05) is 18.2 Å². The number of carbonyl (C=O) groups is 1. The van der Waals surface area contributed by atoms with Crippen molar-refractivity contribution >= 4 is 23.2 Å². The Labute approximate surface area is 118 Å². The summed E-state index contributed by atoms with van der Waals surface area (Å²) in [5.74, 6) is -0.0593. The molecule has 8 nitrogen and oxygen atoms in total. The van der Waals surface area contributed by atoms with Gasteiger partial charge < -0.3 is 10.1 Å². The van der Waals surface area contributed by atoms with Crippen LogP contribution in [0, 0.1) is 0 Å².